The summed E-state index contributed by atoms with van der Waals surface area (Å²) >= 11 is 7.47. The molecule has 2 rings (SSSR count). The van der Waals surface area contributed by atoms with Gasteiger partial charge < -0.3 is 5.32 Å². The number of amides is 1. The summed E-state index contributed by atoms with van der Waals surface area (Å²) in [5.74, 6) is 1.69. The number of alkyl halides is 1. The van der Waals surface area contributed by atoms with Gasteiger partial charge in [-0.1, -0.05) is 12.1 Å². The Labute approximate surface area is 111 Å². The minimum absolute atomic E-state index is 0.110. The van der Waals surface area contributed by atoms with Crippen molar-refractivity contribution in [2.24, 2.45) is 0 Å². The molecule has 17 heavy (non-hydrogen) atoms. The van der Waals surface area contributed by atoms with E-state index in [1.54, 1.807) is 11.8 Å². The van der Waals surface area contributed by atoms with Gasteiger partial charge in [0.1, 0.15) is 0 Å². The summed E-state index contributed by atoms with van der Waals surface area (Å²) in [5, 5.41) is 2.97. The molecular formula is C13H16ClNOS. The van der Waals surface area contributed by atoms with Gasteiger partial charge in [-0.15, -0.1) is 23.4 Å². The van der Waals surface area contributed by atoms with Crippen LogP contribution >= 0.6 is 23.4 Å². The maximum absolute atomic E-state index is 12.1. The molecule has 0 spiro atoms. The lowest BCUT2D eigenvalue weighted by Gasteiger charge is -2.21. The lowest BCUT2D eigenvalue weighted by molar-refractivity contribution is -0.118. The number of halogens is 1. The minimum Gasteiger partial charge on any atom is -0.325 e. The van der Waals surface area contributed by atoms with E-state index < -0.39 is 0 Å². The normalized spacial score (nSPS) is 23.6. The van der Waals surface area contributed by atoms with Gasteiger partial charge in [-0.3, -0.25) is 4.79 Å². The Balaban J connectivity index is 2.02. The molecule has 1 fully saturated rings. The van der Waals surface area contributed by atoms with Crippen LogP contribution in [0.15, 0.2) is 24.3 Å². The maximum atomic E-state index is 12.1. The molecule has 92 valence electrons. The lowest BCUT2D eigenvalue weighted by atomic mass is 10.0. The Bertz CT molecular complexity index is 398. The fourth-order valence-electron chi connectivity index (χ4n) is 1.90. The predicted octanol–water partition coefficient (Wildman–Crippen LogP) is 3.65. The van der Waals surface area contributed by atoms with Gasteiger partial charge in [-0.25, -0.2) is 0 Å². The van der Waals surface area contributed by atoms with Gasteiger partial charge >= 0.3 is 0 Å². The third kappa shape index (κ3) is 2.96. The van der Waals surface area contributed by atoms with Crippen LogP contribution in [0.25, 0.3) is 0 Å². The van der Waals surface area contributed by atoms with Crippen LogP contribution in [0.4, 0.5) is 5.69 Å². The Hall–Kier alpha value is -0.670. The third-order valence-electron chi connectivity index (χ3n) is 3.07. The highest BCUT2D eigenvalue weighted by atomic mass is 35.5. The SMILES string of the molecule is CC1(C(=O)Nc2ccc(CCl)cc2)CCCS1. The minimum atomic E-state index is -0.259. The van der Waals surface area contributed by atoms with Gasteiger partial charge in [0, 0.05) is 11.6 Å². The molecule has 4 heteroatoms. The van der Waals surface area contributed by atoms with Crippen molar-refractivity contribution in [2.45, 2.75) is 30.4 Å². The van der Waals surface area contributed by atoms with E-state index in [0.717, 1.165) is 29.8 Å². The number of hydrogen-bond acceptors (Lipinski definition) is 2. The first kappa shape index (κ1) is 12.8. The van der Waals surface area contributed by atoms with Crippen LogP contribution < -0.4 is 5.32 Å². The second-order valence-corrected chi connectivity index (χ2v) is 6.33. The second kappa shape index (κ2) is 5.32. The summed E-state index contributed by atoms with van der Waals surface area (Å²) in [7, 11) is 0. The van der Waals surface area contributed by atoms with Crippen molar-refractivity contribution >= 4 is 35.0 Å². The van der Waals surface area contributed by atoms with Crippen LogP contribution in [-0.2, 0) is 10.7 Å². The number of carbonyl (C=O) groups is 1. The summed E-state index contributed by atoms with van der Waals surface area (Å²) in [6, 6.07) is 7.68. The first-order valence-electron chi connectivity index (χ1n) is 5.74. The molecule has 0 aliphatic carbocycles. The number of carbonyl (C=O) groups excluding carboxylic acids is 1. The van der Waals surface area contributed by atoms with E-state index in [2.05, 4.69) is 5.32 Å². The summed E-state index contributed by atoms with van der Waals surface area (Å²) in [5.41, 5.74) is 1.91. The number of nitrogens with one attached hydrogen (secondary N) is 1. The number of rotatable bonds is 3. The molecule has 1 aliphatic heterocycles. The summed E-state index contributed by atoms with van der Waals surface area (Å²) in [4.78, 5) is 12.1. The smallest absolute Gasteiger partial charge is 0.240 e. The van der Waals surface area contributed by atoms with Crippen molar-refractivity contribution in [2.75, 3.05) is 11.1 Å². The molecule has 2 nitrogen and oxygen atoms in total. The summed E-state index contributed by atoms with van der Waals surface area (Å²) in [6.07, 6.45) is 2.09. The van der Waals surface area contributed by atoms with E-state index in [4.69, 9.17) is 11.6 Å². The summed E-state index contributed by atoms with van der Waals surface area (Å²) < 4.78 is -0.259. The average Bonchev–Trinajstić information content (AvgIpc) is 2.78. The van der Waals surface area contributed by atoms with Crippen molar-refractivity contribution in [1.29, 1.82) is 0 Å². The molecule has 1 heterocycles. The van der Waals surface area contributed by atoms with Crippen molar-refractivity contribution in [3.05, 3.63) is 29.8 Å². The number of thioether (sulfide) groups is 1. The van der Waals surface area contributed by atoms with E-state index in [1.165, 1.54) is 0 Å². The molecule has 1 saturated heterocycles. The van der Waals surface area contributed by atoms with E-state index in [-0.39, 0.29) is 10.7 Å². The van der Waals surface area contributed by atoms with E-state index in [0.29, 0.717) is 5.88 Å². The molecule has 0 saturated carbocycles. The average molecular weight is 270 g/mol. The molecular weight excluding hydrogens is 254 g/mol. The largest absolute Gasteiger partial charge is 0.325 e. The fourth-order valence-corrected chi connectivity index (χ4v) is 3.29. The first-order chi connectivity index (χ1) is 8.14. The fraction of sp³-hybridized carbons (Fsp3) is 0.462. The quantitative estimate of drug-likeness (QED) is 0.849. The van der Waals surface area contributed by atoms with Crippen molar-refractivity contribution in [3.8, 4) is 0 Å². The zero-order valence-corrected chi connectivity index (χ0v) is 11.4. The van der Waals surface area contributed by atoms with Gasteiger partial charge in [0.05, 0.1) is 4.75 Å². The molecule has 1 unspecified atom stereocenters. The van der Waals surface area contributed by atoms with Gasteiger partial charge in [0.2, 0.25) is 5.91 Å². The third-order valence-corrected chi connectivity index (χ3v) is 4.89. The molecule has 1 N–H and O–H groups in total. The van der Waals surface area contributed by atoms with Gasteiger partial charge in [0.25, 0.3) is 0 Å². The lowest BCUT2D eigenvalue weighted by Crippen LogP contribution is -2.34. The molecule has 1 aliphatic rings. The monoisotopic (exact) mass is 269 g/mol. The van der Waals surface area contributed by atoms with Crippen LogP contribution in [0.2, 0.25) is 0 Å². The standard InChI is InChI=1S/C13H16ClNOS/c1-13(7-2-8-17-13)12(16)15-11-5-3-10(9-14)4-6-11/h3-6H,2,7-9H2,1H3,(H,15,16). The number of benzene rings is 1. The number of anilines is 1. The van der Waals surface area contributed by atoms with E-state index >= 15 is 0 Å². The van der Waals surface area contributed by atoms with Gasteiger partial charge in [-0.2, -0.15) is 0 Å². The van der Waals surface area contributed by atoms with Crippen molar-refractivity contribution < 1.29 is 4.79 Å². The van der Waals surface area contributed by atoms with Gasteiger partial charge in [-0.05, 0) is 43.2 Å². The highest BCUT2D eigenvalue weighted by Gasteiger charge is 2.37. The molecule has 1 aromatic carbocycles. The zero-order valence-electron chi connectivity index (χ0n) is 9.83. The molecule has 0 radical (unpaired) electrons. The van der Waals surface area contributed by atoms with Crippen LogP contribution in [-0.4, -0.2) is 16.4 Å². The zero-order chi connectivity index (χ0) is 12.3. The van der Waals surface area contributed by atoms with E-state index in [1.807, 2.05) is 31.2 Å². The van der Waals surface area contributed by atoms with E-state index in [9.17, 15) is 4.79 Å². The molecule has 1 amide bonds. The van der Waals surface area contributed by atoms with Gasteiger partial charge in [0.15, 0.2) is 0 Å². The summed E-state index contributed by atoms with van der Waals surface area (Å²) in [6.45, 7) is 2.02. The number of hydrogen-bond donors (Lipinski definition) is 1. The first-order valence-corrected chi connectivity index (χ1v) is 7.26. The molecule has 1 atom stereocenters. The Morgan fingerprint density at radius 3 is 2.71 bits per heavy atom. The highest BCUT2D eigenvalue weighted by Crippen LogP contribution is 2.38. The highest BCUT2D eigenvalue weighted by molar-refractivity contribution is 8.01. The Morgan fingerprint density at radius 2 is 2.18 bits per heavy atom. The van der Waals surface area contributed by atoms with Crippen LogP contribution in [0.3, 0.4) is 0 Å². The van der Waals surface area contributed by atoms with Crippen LogP contribution in [0, 0.1) is 0 Å². The molecule has 0 bridgehead atoms. The second-order valence-electron chi connectivity index (χ2n) is 4.47. The maximum Gasteiger partial charge on any atom is 0.240 e. The Morgan fingerprint density at radius 1 is 1.47 bits per heavy atom. The van der Waals surface area contributed by atoms with Crippen molar-refractivity contribution in [1.82, 2.24) is 0 Å². The predicted molar refractivity (Wildman–Crippen MR) is 74.7 cm³/mol. The Kier molecular flexibility index (Phi) is 4.00. The topological polar surface area (TPSA) is 29.1 Å². The van der Waals surface area contributed by atoms with Crippen molar-refractivity contribution in [3.63, 3.8) is 0 Å². The van der Waals surface area contributed by atoms with Crippen LogP contribution in [0.1, 0.15) is 25.3 Å². The molecule has 0 aromatic heterocycles. The molecule has 1 aromatic rings. The van der Waals surface area contributed by atoms with Crippen LogP contribution in [0.5, 0.6) is 0 Å².